The maximum atomic E-state index is 13.2. The van der Waals surface area contributed by atoms with Crippen LogP contribution >= 0.6 is 15.9 Å². The molecule has 1 aliphatic heterocycles. The lowest BCUT2D eigenvalue weighted by molar-refractivity contribution is -0.139. The second kappa shape index (κ2) is 7.72. The molecule has 1 saturated heterocycles. The van der Waals surface area contributed by atoms with Crippen molar-refractivity contribution < 1.29 is 19.1 Å². The van der Waals surface area contributed by atoms with Crippen molar-refractivity contribution in [2.45, 2.75) is 44.6 Å². The first kappa shape index (κ1) is 16.9. The third-order valence-corrected chi connectivity index (χ3v) is 4.59. The van der Waals surface area contributed by atoms with E-state index in [1.807, 2.05) is 0 Å². The van der Waals surface area contributed by atoms with Gasteiger partial charge < -0.3 is 10.0 Å². The zero-order valence-corrected chi connectivity index (χ0v) is 13.8. The molecule has 1 atom stereocenters. The summed E-state index contributed by atoms with van der Waals surface area (Å²) in [5, 5.41) is 8.82. The predicted molar refractivity (Wildman–Crippen MR) is 84.0 cm³/mol. The molecule has 0 radical (unpaired) electrons. The first-order valence-corrected chi connectivity index (χ1v) is 8.22. The van der Waals surface area contributed by atoms with Crippen molar-refractivity contribution in [2.75, 3.05) is 6.54 Å². The Morgan fingerprint density at radius 3 is 2.82 bits per heavy atom. The summed E-state index contributed by atoms with van der Waals surface area (Å²) >= 11 is 3.12. The van der Waals surface area contributed by atoms with Gasteiger partial charge in [0.1, 0.15) is 5.82 Å². The molecule has 1 aromatic rings. The molecule has 1 fully saturated rings. The van der Waals surface area contributed by atoms with E-state index in [2.05, 4.69) is 15.9 Å². The zero-order chi connectivity index (χ0) is 16.1. The maximum Gasteiger partial charge on any atom is 0.303 e. The van der Waals surface area contributed by atoms with E-state index in [4.69, 9.17) is 5.11 Å². The normalized spacial score (nSPS) is 18.3. The molecule has 1 amide bonds. The minimum absolute atomic E-state index is 0.00115. The first-order valence-electron chi connectivity index (χ1n) is 7.42. The number of halogens is 2. The van der Waals surface area contributed by atoms with Crippen LogP contribution < -0.4 is 0 Å². The van der Waals surface area contributed by atoms with E-state index in [0.717, 1.165) is 24.8 Å². The molecule has 22 heavy (non-hydrogen) atoms. The van der Waals surface area contributed by atoms with E-state index in [1.165, 1.54) is 6.07 Å². The Labute approximate surface area is 137 Å². The molecule has 1 heterocycles. The SMILES string of the molecule is O=C(O)CCC1CCCCN1C(=O)Cc1ccc(F)c(Br)c1. The van der Waals surface area contributed by atoms with Crippen LogP contribution in [0.2, 0.25) is 0 Å². The quantitative estimate of drug-likeness (QED) is 0.862. The van der Waals surface area contributed by atoms with Crippen LogP contribution in [0.5, 0.6) is 0 Å². The molecule has 0 aliphatic carbocycles. The number of piperidine rings is 1. The standard InChI is InChI=1S/C16H19BrFNO3/c17-13-9-11(4-6-14(13)18)10-15(20)19-8-2-1-3-12(19)5-7-16(21)22/h4,6,9,12H,1-3,5,7-8,10H2,(H,21,22). The molecule has 6 heteroatoms. The molecular formula is C16H19BrFNO3. The number of hydrogen-bond donors (Lipinski definition) is 1. The Morgan fingerprint density at radius 1 is 1.36 bits per heavy atom. The fourth-order valence-electron chi connectivity index (χ4n) is 2.84. The number of rotatable bonds is 5. The molecule has 120 valence electrons. The summed E-state index contributed by atoms with van der Waals surface area (Å²) in [7, 11) is 0. The minimum Gasteiger partial charge on any atom is -0.481 e. The summed E-state index contributed by atoms with van der Waals surface area (Å²) in [4.78, 5) is 25.0. The Morgan fingerprint density at radius 2 is 2.14 bits per heavy atom. The third-order valence-electron chi connectivity index (χ3n) is 3.98. The Balaban J connectivity index is 2.01. The van der Waals surface area contributed by atoms with Crippen molar-refractivity contribution in [1.29, 1.82) is 0 Å². The molecule has 0 aromatic heterocycles. The van der Waals surface area contributed by atoms with Gasteiger partial charge in [-0.05, 0) is 59.3 Å². The first-order chi connectivity index (χ1) is 10.5. The fourth-order valence-corrected chi connectivity index (χ4v) is 3.27. The molecule has 0 spiro atoms. The number of benzene rings is 1. The van der Waals surface area contributed by atoms with E-state index < -0.39 is 5.97 Å². The number of carbonyl (C=O) groups excluding carboxylic acids is 1. The van der Waals surface area contributed by atoms with Gasteiger partial charge >= 0.3 is 5.97 Å². The van der Waals surface area contributed by atoms with Gasteiger partial charge in [-0.15, -0.1) is 0 Å². The van der Waals surface area contributed by atoms with E-state index in [0.29, 0.717) is 17.4 Å². The lowest BCUT2D eigenvalue weighted by atomic mass is 9.97. The molecule has 2 rings (SSSR count). The molecule has 0 bridgehead atoms. The fraction of sp³-hybridized carbons (Fsp3) is 0.500. The number of carboxylic acids is 1. The van der Waals surface area contributed by atoms with Crippen LogP contribution in [0.4, 0.5) is 4.39 Å². The van der Waals surface area contributed by atoms with Crippen molar-refractivity contribution in [3.05, 3.63) is 34.1 Å². The van der Waals surface area contributed by atoms with E-state index in [1.54, 1.807) is 17.0 Å². The van der Waals surface area contributed by atoms with Gasteiger partial charge in [0.2, 0.25) is 5.91 Å². The summed E-state index contributed by atoms with van der Waals surface area (Å²) < 4.78 is 13.6. The van der Waals surface area contributed by atoms with Crippen molar-refractivity contribution in [1.82, 2.24) is 4.90 Å². The van der Waals surface area contributed by atoms with Crippen LogP contribution in [-0.4, -0.2) is 34.5 Å². The topological polar surface area (TPSA) is 57.6 Å². The highest BCUT2D eigenvalue weighted by atomic mass is 79.9. The highest BCUT2D eigenvalue weighted by Gasteiger charge is 2.27. The summed E-state index contributed by atoms with van der Waals surface area (Å²) in [5.74, 6) is -1.21. The lowest BCUT2D eigenvalue weighted by Crippen LogP contribution is -2.44. The number of nitrogens with zero attached hydrogens (tertiary/aromatic N) is 1. The van der Waals surface area contributed by atoms with Gasteiger partial charge in [-0.1, -0.05) is 6.07 Å². The lowest BCUT2D eigenvalue weighted by Gasteiger charge is -2.35. The van der Waals surface area contributed by atoms with E-state index in [-0.39, 0.29) is 30.6 Å². The van der Waals surface area contributed by atoms with Crippen LogP contribution in [0.3, 0.4) is 0 Å². The van der Waals surface area contributed by atoms with Crippen LogP contribution in [0.1, 0.15) is 37.7 Å². The Bertz CT molecular complexity index is 564. The van der Waals surface area contributed by atoms with Crippen molar-refractivity contribution >= 4 is 27.8 Å². The van der Waals surface area contributed by atoms with Gasteiger partial charge in [-0.25, -0.2) is 4.39 Å². The van der Waals surface area contributed by atoms with Crippen LogP contribution in [0.25, 0.3) is 0 Å². The maximum absolute atomic E-state index is 13.2. The molecule has 1 aliphatic rings. The molecule has 4 nitrogen and oxygen atoms in total. The van der Waals surface area contributed by atoms with Gasteiger partial charge in [0, 0.05) is 19.0 Å². The number of hydrogen-bond acceptors (Lipinski definition) is 2. The van der Waals surface area contributed by atoms with Gasteiger partial charge in [-0.2, -0.15) is 0 Å². The average molecular weight is 372 g/mol. The average Bonchev–Trinajstić information content (AvgIpc) is 2.49. The summed E-state index contributed by atoms with van der Waals surface area (Å²) in [5.41, 5.74) is 0.751. The number of carbonyl (C=O) groups is 2. The summed E-state index contributed by atoms with van der Waals surface area (Å²) in [6.07, 6.45) is 3.61. The molecule has 0 saturated carbocycles. The monoisotopic (exact) mass is 371 g/mol. The van der Waals surface area contributed by atoms with Gasteiger partial charge in [0.25, 0.3) is 0 Å². The number of likely N-dealkylation sites (tertiary alicyclic amines) is 1. The summed E-state index contributed by atoms with van der Waals surface area (Å²) in [6.45, 7) is 0.672. The largest absolute Gasteiger partial charge is 0.481 e. The Kier molecular flexibility index (Phi) is 5.94. The van der Waals surface area contributed by atoms with Crippen molar-refractivity contribution in [2.24, 2.45) is 0 Å². The predicted octanol–water partition coefficient (Wildman–Crippen LogP) is 3.38. The molecule has 1 unspecified atom stereocenters. The third kappa shape index (κ3) is 4.53. The number of aliphatic carboxylic acids is 1. The second-order valence-electron chi connectivity index (χ2n) is 5.59. The molecule has 1 N–H and O–H groups in total. The Hall–Kier alpha value is -1.43. The molecular weight excluding hydrogens is 353 g/mol. The van der Waals surface area contributed by atoms with Gasteiger partial charge in [-0.3, -0.25) is 9.59 Å². The molecule has 1 aromatic carbocycles. The van der Waals surface area contributed by atoms with Gasteiger partial charge in [0.15, 0.2) is 0 Å². The van der Waals surface area contributed by atoms with Gasteiger partial charge in [0.05, 0.1) is 10.9 Å². The zero-order valence-electron chi connectivity index (χ0n) is 12.2. The second-order valence-corrected chi connectivity index (χ2v) is 6.45. The highest BCUT2D eigenvalue weighted by molar-refractivity contribution is 9.10. The smallest absolute Gasteiger partial charge is 0.303 e. The van der Waals surface area contributed by atoms with Crippen molar-refractivity contribution in [3.63, 3.8) is 0 Å². The van der Waals surface area contributed by atoms with Crippen LogP contribution in [0, 0.1) is 5.82 Å². The van der Waals surface area contributed by atoms with Crippen molar-refractivity contribution in [3.8, 4) is 0 Å². The van der Waals surface area contributed by atoms with E-state index >= 15 is 0 Å². The number of carboxylic acid groups (broad SMARTS) is 1. The minimum atomic E-state index is -0.833. The van der Waals surface area contributed by atoms with Crippen LogP contribution in [0.15, 0.2) is 22.7 Å². The highest BCUT2D eigenvalue weighted by Crippen LogP contribution is 2.23. The van der Waals surface area contributed by atoms with Crippen LogP contribution in [-0.2, 0) is 16.0 Å². The number of amides is 1. The summed E-state index contributed by atoms with van der Waals surface area (Å²) in [6, 6.07) is 4.56. The van der Waals surface area contributed by atoms with E-state index in [9.17, 15) is 14.0 Å².